The molecule has 13 heteroatoms. The molecule has 0 bridgehead atoms. The minimum atomic E-state index is -0.400. The molecule has 6 rings (SSSR count). The molecule has 40 heavy (non-hydrogen) atoms. The molecule has 0 aromatic carbocycles. The molecule has 200 valence electrons. The molecule has 11 nitrogen and oxygen atoms in total. The highest BCUT2D eigenvalue weighted by Crippen LogP contribution is 2.38. The minimum Gasteiger partial charge on any atom is -0.463 e. The number of anilines is 2. The summed E-state index contributed by atoms with van der Waals surface area (Å²) in [5, 5.41) is 0.498. The highest BCUT2D eigenvalue weighted by atomic mass is 32.1. The molecule has 0 radical (unpaired) electrons. The molecule has 0 amide bonds. The van der Waals surface area contributed by atoms with Gasteiger partial charge in [0.15, 0.2) is 27.6 Å². The van der Waals surface area contributed by atoms with Crippen molar-refractivity contribution in [2.24, 2.45) is 14.1 Å². The quantitative estimate of drug-likeness (QED) is 0.278. The van der Waals surface area contributed by atoms with Gasteiger partial charge in [-0.3, -0.25) is 14.4 Å². The van der Waals surface area contributed by atoms with Gasteiger partial charge in [0, 0.05) is 37.6 Å². The molecule has 0 aliphatic carbocycles. The second-order valence-corrected chi connectivity index (χ2v) is 10.9. The first-order chi connectivity index (χ1) is 19.2. The van der Waals surface area contributed by atoms with Crippen molar-refractivity contribution in [1.29, 1.82) is 0 Å². The van der Waals surface area contributed by atoms with Gasteiger partial charge in [-0.15, -0.1) is 0 Å². The van der Waals surface area contributed by atoms with Gasteiger partial charge in [-0.2, -0.15) is 0 Å². The Morgan fingerprint density at radius 2 is 1.20 bits per heavy atom. The van der Waals surface area contributed by atoms with Crippen LogP contribution in [0.5, 0.6) is 0 Å². The van der Waals surface area contributed by atoms with Gasteiger partial charge in [0.25, 0.3) is 11.1 Å². The van der Waals surface area contributed by atoms with Crippen LogP contribution in [0.2, 0.25) is 0 Å². The zero-order chi connectivity index (χ0) is 28.1. The lowest BCUT2D eigenvalue weighted by molar-refractivity contribution is 0.103. The Labute approximate surface area is 233 Å². The molecule has 4 N–H and O–H groups in total. The molecule has 6 aromatic heterocycles. The highest BCUT2D eigenvalue weighted by molar-refractivity contribution is 7.19. The van der Waals surface area contributed by atoms with Crippen molar-refractivity contribution in [3.63, 3.8) is 0 Å². The van der Waals surface area contributed by atoms with Crippen LogP contribution >= 0.6 is 22.7 Å². The van der Waals surface area contributed by atoms with Crippen LogP contribution in [0.3, 0.4) is 0 Å². The lowest BCUT2D eigenvalue weighted by Crippen LogP contribution is -2.22. The maximum absolute atomic E-state index is 13.8. The SMILES string of the molecule is Cn1cc(C(=O)c2cc(-c3sc(N)nc3-c3ccco3)c(=O)n(C)c2)cc(-c2sc(N)nc2-c2ccco2)c1=O. The number of carbonyl (C=O) groups excluding carboxylic acids is 1. The average molecular weight is 573 g/mol. The van der Waals surface area contributed by atoms with Gasteiger partial charge >= 0.3 is 0 Å². The van der Waals surface area contributed by atoms with E-state index >= 15 is 0 Å². The summed E-state index contributed by atoms with van der Waals surface area (Å²) in [7, 11) is 3.11. The summed E-state index contributed by atoms with van der Waals surface area (Å²) in [5.74, 6) is 0.490. The molecule has 6 aromatic rings. The van der Waals surface area contributed by atoms with Crippen LogP contribution in [0, 0.1) is 0 Å². The van der Waals surface area contributed by atoms with Gasteiger partial charge in [0.2, 0.25) is 0 Å². The fourth-order valence-electron chi connectivity index (χ4n) is 4.36. The van der Waals surface area contributed by atoms with Crippen molar-refractivity contribution in [2.75, 3.05) is 11.5 Å². The summed E-state index contributed by atoms with van der Waals surface area (Å²) in [5.41, 5.74) is 13.1. The molecular weight excluding hydrogens is 552 g/mol. The number of hydrogen-bond acceptors (Lipinski definition) is 11. The smallest absolute Gasteiger partial charge is 0.259 e. The van der Waals surface area contributed by atoms with Gasteiger partial charge in [0.05, 0.1) is 33.4 Å². The summed E-state index contributed by atoms with van der Waals surface area (Å²) in [6, 6.07) is 9.86. The van der Waals surface area contributed by atoms with Crippen LogP contribution in [-0.4, -0.2) is 24.9 Å². The highest BCUT2D eigenvalue weighted by Gasteiger charge is 2.24. The van der Waals surface area contributed by atoms with Crippen LogP contribution < -0.4 is 22.6 Å². The topological polar surface area (TPSA) is 165 Å². The van der Waals surface area contributed by atoms with Gasteiger partial charge in [0.1, 0.15) is 11.4 Å². The van der Waals surface area contributed by atoms with Crippen molar-refractivity contribution in [1.82, 2.24) is 19.1 Å². The lowest BCUT2D eigenvalue weighted by atomic mass is 10.0. The van der Waals surface area contributed by atoms with E-state index in [0.717, 1.165) is 22.7 Å². The van der Waals surface area contributed by atoms with Gasteiger partial charge in [-0.05, 0) is 36.4 Å². The van der Waals surface area contributed by atoms with E-state index in [1.165, 1.54) is 46.2 Å². The number of nitrogens with two attached hydrogens (primary N) is 2. The van der Waals surface area contributed by atoms with E-state index in [4.69, 9.17) is 20.3 Å². The molecule has 0 aliphatic rings. The average Bonchev–Trinajstić information content (AvgIpc) is 3.74. The standard InChI is InChI=1S/C27H20N6O5S2/c1-32-11-13(9-15(24(32)35)22-19(30-26(28)39-22)17-5-3-7-37-17)21(34)14-10-16(25(36)33(2)12-14)23-20(31-27(29)40-23)18-6-4-8-38-18/h3-12H,1-2H3,(H2,28,30)(H2,29,31). The first kappa shape index (κ1) is 25.3. The first-order valence-electron chi connectivity index (χ1n) is 11.8. The van der Waals surface area contributed by atoms with Crippen molar-refractivity contribution in [2.45, 2.75) is 0 Å². The number of nitrogens with zero attached hydrogens (tertiary/aromatic N) is 4. The fourth-order valence-corrected chi connectivity index (χ4v) is 6.05. The zero-order valence-corrected chi connectivity index (χ0v) is 22.7. The number of thiazole rings is 2. The maximum Gasteiger partial charge on any atom is 0.259 e. The Morgan fingerprint density at radius 3 is 1.57 bits per heavy atom. The van der Waals surface area contributed by atoms with Crippen molar-refractivity contribution < 1.29 is 13.6 Å². The molecule has 6 heterocycles. The number of pyridine rings is 2. The summed E-state index contributed by atoms with van der Waals surface area (Å²) in [6.07, 6.45) is 5.90. The van der Waals surface area contributed by atoms with Gasteiger partial charge in [-0.1, -0.05) is 22.7 Å². The predicted molar refractivity (Wildman–Crippen MR) is 153 cm³/mol. The Bertz CT molecular complexity index is 1870. The van der Waals surface area contributed by atoms with E-state index in [1.807, 2.05) is 0 Å². The van der Waals surface area contributed by atoms with Crippen LogP contribution in [-0.2, 0) is 14.1 Å². The second-order valence-electron chi connectivity index (χ2n) is 8.86. The van der Waals surface area contributed by atoms with E-state index in [1.54, 1.807) is 38.4 Å². The molecule has 0 fully saturated rings. The van der Waals surface area contributed by atoms with Crippen molar-refractivity contribution in [3.05, 3.63) is 93.2 Å². The first-order valence-corrected chi connectivity index (χ1v) is 13.4. The number of ketones is 1. The monoisotopic (exact) mass is 572 g/mol. The van der Waals surface area contributed by atoms with E-state index < -0.39 is 5.78 Å². The molecular formula is C27H20N6O5S2. The molecule has 0 unspecified atom stereocenters. The lowest BCUT2D eigenvalue weighted by Gasteiger charge is -2.10. The number of nitrogen functional groups attached to an aromatic ring is 2. The minimum absolute atomic E-state index is 0.231. The van der Waals surface area contributed by atoms with Gasteiger partial charge in [-0.25, -0.2) is 9.97 Å². The molecule has 0 saturated heterocycles. The Kier molecular flexibility index (Phi) is 6.08. The largest absolute Gasteiger partial charge is 0.463 e. The van der Waals surface area contributed by atoms with Gasteiger partial charge < -0.3 is 29.4 Å². The van der Waals surface area contributed by atoms with Crippen LogP contribution in [0.1, 0.15) is 15.9 Å². The van der Waals surface area contributed by atoms with Crippen LogP contribution in [0.4, 0.5) is 10.3 Å². The third-order valence-electron chi connectivity index (χ3n) is 6.18. The summed E-state index contributed by atoms with van der Waals surface area (Å²) in [4.78, 5) is 49.9. The number of rotatable bonds is 6. The second kappa shape index (κ2) is 9.63. The number of furan rings is 2. The predicted octanol–water partition coefficient (Wildman–Crippen LogP) is 4.25. The Hall–Kier alpha value is -5.01. The van der Waals surface area contributed by atoms with E-state index in [0.29, 0.717) is 32.7 Å². The third-order valence-corrected chi connectivity index (χ3v) is 8.01. The van der Waals surface area contributed by atoms with Crippen LogP contribution in [0.15, 0.2) is 79.7 Å². The van der Waals surface area contributed by atoms with Crippen molar-refractivity contribution >= 4 is 38.7 Å². The summed E-state index contributed by atoms with van der Waals surface area (Å²) >= 11 is 2.24. The van der Waals surface area contributed by atoms with Crippen LogP contribution in [0.25, 0.3) is 43.8 Å². The number of aryl methyl sites for hydroxylation is 2. The normalized spacial score (nSPS) is 11.2. The van der Waals surface area contributed by atoms with E-state index in [2.05, 4.69) is 9.97 Å². The molecule has 0 atom stereocenters. The number of hydrogen-bond donors (Lipinski definition) is 2. The molecule has 0 aliphatic heterocycles. The number of carbonyl (C=O) groups is 1. The Balaban J connectivity index is 1.48. The summed E-state index contributed by atoms with van der Waals surface area (Å²) < 4.78 is 13.6. The van der Waals surface area contributed by atoms with E-state index in [-0.39, 0.29) is 43.6 Å². The van der Waals surface area contributed by atoms with Crippen molar-refractivity contribution in [3.8, 4) is 43.8 Å². The molecule has 0 spiro atoms. The number of aromatic nitrogens is 4. The summed E-state index contributed by atoms with van der Waals surface area (Å²) in [6.45, 7) is 0. The maximum atomic E-state index is 13.8. The zero-order valence-electron chi connectivity index (χ0n) is 21.1. The Morgan fingerprint density at radius 1 is 0.775 bits per heavy atom. The fraction of sp³-hybridized carbons (Fsp3) is 0.0741. The third kappa shape index (κ3) is 4.26. The molecule has 0 saturated carbocycles. The van der Waals surface area contributed by atoms with E-state index in [9.17, 15) is 14.4 Å².